The molecule has 0 saturated heterocycles. The van der Waals surface area contributed by atoms with Crippen molar-refractivity contribution < 1.29 is 38.1 Å². The molecule has 0 bridgehead atoms. The molecule has 5 atom stereocenters. The molecule has 1 rings (SSSR count). The lowest BCUT2D eigenvalue weighted by Gasteiger charge is -2.37. The predicted molar refractivity (Wildman–Crippen MR) is 146 cm³/mol. The van der Waals surface area contributed by atoms with E-state index in [1.807, 2.05) is 13.8 Å². The molecular formula is C28H49N3O8. The quantitative estimate of drug-likeness (QED) is 0.243. The summed E-state index contributed by atoms with van der Waals surface area (Å²) in [5.74, 6) is -2.40. The summed E-state index contributed by atoms with van der Waals surface area (Å²) in [5, 5.41) is 5.37. The minimum atomic E-state index is -1.21. The predicted octanol–water partition coefficient (Wildman–Crippen LogP) is 3.34. The minimum Gasteiger partial charge on any atom is -0.444 e. The number of nitrogens with one attached hydrogen (secondary N) is 2. The summed E-state index contributed by atoms with van der Waals surface area (Å²) >= 11 is 0. The minimum absolute atomic E-state index is 0.0834. The molecule has 1 aliphatic carbocycles. The van der Waals surface area contributed by atoms with E-state index in [0.29, 0.717) is 0 Å². The number of nitrogens with two attached hydrogens (primary N) is 1. The van der Waals surface area contributed by atoms with Crippen LogP contribution in [-0.2, 0) is 33.3 Å². The van der Waals surface area contributed by atoms with Gasteiger partial charge in [-0.2, -0.15) is 0 Å². The number of hydrogen-bond donors (Lipinski definition) is 3. The Bertz CT molecular complexity index is 877. The van der Waals surface area contributed by atoms with Gasteiger partial charge in [0.15, 0.2) is 0 Å². The van der Waals surface area contributed by atoms with Crippen LogP contribution in [0.2, 0.25) is 0 Å². The SMILES string of the molecule is CCC(CC)OC1C=C(C(=O)OC(OC(=O)C(NC(=O)OC(C)(C)C)C(C)C)C(C)C)CC(N)C1NC(C)=O. The first kappa shape index (κ1) is 34.4. The van der Waals surface area contributed by atoms with E-state index in [2.05, 4.69) is 10.6 Å². The summed E-state index contributed by atoms with van der Waals surface area (Å²) in [6.45, 7) is 17.5. The number of carbonyl (C=O) groups excluding carboxylic acids is 4. The molecule has 4 N–H and O–H groups in total. The van der Waals surface area contributed by atoms with Crippen LogP contribution in [0, 0.1) is 11.8 Å². The molecule has 5 unspecified atom stereocenters. The lowest BCUT2D eigenvalue weighted by molar-refractivity contribution is -0.195. The zero-order valence-electron chi connectivity index (χ0n) is 25.2. The van der Waals surface area contributed by atoms with Crippen molar-refractivity contribution in [2.45, 2.75) is 131 Å². The van der Waals surface area contributed by atoms with E-state index in [4.69, 9.17) is 24.7 Å². The van der Waals surface area contributed by atoms with Gasteiger partial charge in [0.25, 0.3) is 0 Å². The van der Waals surface area contributed by atoms with Gasteiger partial charge in [0, 0.05) is 24.5 Å². The Morgan fingerprint density at radius 3 is 2.08 bits per heavy atom. The fourth-order valence-electron chi connectivity index (χ4n) is 3.99. The second kappa shape index (κ2) is 15.2. The van der Waals surface area contributed by atoms with Crippen LogP contribution in [0.3, 0.4) is 0 Å². The molecule has 0 aliphatic heterocycles. The summed E-state index contributed by atoms with van der Waals surface area (Å²) in [7, 11) is 0. The molecule has 0 saturated carbocycles. The molecule has 0 aromatic rings. The first-order valence-corrected chi connectivity index (χ1v) is 13.8. The molecule has 0 fully saturated rings. The van der Waals surface area contributed by atoms with E-state index in [9.17, 15) is 19.2 Å². The number of rotatable bonds is 12. The Kier molecular flexibility index (Phi) is 13.4. The molecule has 0 radical (unpaired) electrons. The first-order valence-electron chi connectivity index (χ1n) is 13.8. The molecule has 11 nitrogen and oxygen atoms in total. The number of amides is 2. The second-order valence-corrected chi connectivity index (χ2v) is 11.6. The Morgan fingerprint density at radius 1 is 1.03 bits per heavy atom. The summed E-state index contributed by atoms with van der Waals surface area (Å²) in [5.41, 5.74) is 5.89. The van der Waals surface area contributed by atoms with Gasteiger partial charge in [-0.05, 0) is 52.0 Å². The van der Waals surface area contributed by atoms with E-state index in [0.717, 1.165) is 12.8 Å². The van der Waals surface area contributed by atoms with Crippen LogP contribution < -0.4 is 16.4 Å². The summed E-state index contributed by atoms with van der Waals surface area (Å²) in [6.07, 6.45) is 0.592. The van der Waals surface area contributed by atoms with Crippen molar-refractivity contribution in [2.75, 3.05) is 0 Å². The molecule has 0 aromatic carbocycles. The summed E-state index contributed by atoms with van der Waals surface area (Å²) in [6, 6.07) is -2.12. The van der Waals surface area contributed by atoms with Crippen LogP contribution in [0.1, 0.15) is 88.5 Å². The van der Waals surface area contributed by atoms with Crippen molar-refractivity contribution in [3.8, 4) is 0 Å². The lowest BCUT2D eigenvalue weighted by Crippen LogP contribution is -2.57. The van der Waals surface area contributed by atoms with Gasteiger partial charge in [-0.1, -0.05) is 41.5 Å². The Hall–Kier alpha value is -2.66. The van der Waals surface area contributed by atoms with Gasteiger partial charge in [0.05, 0.1) is 18.2 Å². The highest BCUT2D eigenvalue weighted by molar-refractivity contribution is 5.89. The zero-order chi connectivity index (χ0) is 30.1. The fraction of sp³-hybridized carbons (Fsp3) is 0.786. The van der Waals surface area contributed by atoms with Gasteiger partial charge in [0.1, 0.15) is 11.6 Å². The van der Waals surface area contributed by atoms with Crippen molar-refractivity contribution in [3.63, 3.8) is 0 Å². The normalized spacial score (nSPS) is 21.2. The third-order valence-electron chi connectivity index (χ3n) is 6.12. The van der Waals surface area contributed by atoms with Crippen LogP contribution in [-0.4, -0.2) is 66.2 Å². The van der Waals surface area contributed by atoms with Gasteiger partial charge in [-0.3, -0.25) is 4.79 Å². The Morgan fingerprint density at radius 2 is 1.62 bits per heavy atom. The van der Waals surface area contributed by atoms with E-state index in [1.54, 1.807) is 54.5 Å². The third kappa shape index (κ3) is 11.5. The Balaban J connectivity index is 3.08. The van der Waals surface area contributed by atoms with Gasteiger partial charge < -0.3 is 35.3 Å². The number of ether oxygens (including phenoxy) is 4. The van der Waals surface area contributed by atoms with Crippen LogP contribution >= 0.6 is 0 Å². The average Bonchev–Trinajstić information content (AvgIpc) is 2.80. The molecule has 0 aromatic heterocycles. The monoisotopic (exact) mass is 555 g/mol. The van der Waals surface area contributed by atoms with Crippen molar-refractivity contribution in [3.05, 3.63) is 11.6 Å². The number of carbonyl (C=O) groups is 4. The molecule has 2 amide bonds. The van der Waals surface area contributed by atoms with Crippen molar-refractivity contribution in [1.29, 1.82) is 0 Å². The van der Waals surface area contributed by atoms with Crippen molar-refractivity contribution >= 4 is 23.9 Å². The van der Waals surface area contributed by atoms with E-state index in [-0.39, 0.29) is 35.8 Å². The molecule has 39 heavy (non-hydrogen) atoms. The maximum atomic E-state index is 13.2. The van der Waals surface area contributed by atoms with E-state index < -0.39 is 54.2 Å². The number of alkyl carbamates (subject to hydrolysis) is 1. The summed E-state index contributed by atoms with van der Waals surface area (Å²) in [4.78, 5) is 50.3. The fourth-order valence-corrected chi connectivity index (χ4v) is 3.99. The first-order chi connectivity index (χ1) is 18.0. The maximum absolute atomic E-state index is 13.2. The molecule has 11 heteroatoms. The number of esters is 2. The second-order valence-electron chi connectivity index (χ2n) is 11.6. The topological polar surface area (TPSA) is 155 Å². The highest BCUT2D eigenvalue weighted by Crippen LogP contribution is 2.25. The standard InChI is InChI=1S/C28H49N3O8/c1-11-19(12-2)36-21-14-18(13-20(29)23(21)30-17(7)32)24(33)37-26(16(5)6)38-25(34)22(15(3)4)31-27(35)39-28(8,9)10/h14-16,19-23,26H,11-13,29H2,1-10H3,(H,30,32)(H,31,35). The van der Waals surface area contributed by atoms with Crippen LogP contribution in [0.4, 0.5) is 4.79 Å². The van der Waals surface area contributed by atoms with Crippen LogP contribution in [0.15, 0.2) is 11.6 Å². The highest BCUT2D eigenvalue weighted by Gasteiger charge is 2.38. The van der Waals surface area contributed by atoms with Crippen molar-refractivity contribution in [2.24, 2.45) is 17.6 Å². The van der Waals surface area contributed by atoms with Crippen molar-refractivity contribution in [1.82, 2.24) is 10.6 Å². The van der Waals surface area contributed by atoms with Gasteiger partial charge in [-0.25, -0.2) is 14.4 Å². The average molecular weight is 556 g/mol. The molecule has 0 heterocycles. The van der Waals surface area contributed by atoms with Crippen LogP contribution in [0.5, 0.6) is 0 Å². The lowest BCUT2D eigenvalue weighted by atomic mass is 9.88. The Labute approximate surface area is 232 Å². The van der Waals surface area contributed by atoms with E-state index >= 15 is 0 Å². The smallest absolute Gasteiger partial charge is 0.408 e. The largest absolute Gasteiger partial charge is 0.444 e. The third-order valence-corrected chi connectivity index (χ3v) is 6.12. The molecular weight excluding hydrogens is 506 g/mol. The molecule has 1 aliphatic rings. The highest BCUT2D eigenvalue weighted by atomic mass is 16.7. The van der Waals surface area contributed by atoms with Gasteiger partial charge in [-0.15, -0.1) is 0 Å². The molecule has 224 valence electrons. The molecule has 0 spiro atoms. The number of hydrogen-bond acceptors (Lipinski definition) is 9. The van der Waals surface area contributed by atoms with Gasteiger partial charge >= 0.3 is 18.0 Å². The van der Waals surface area contributed by atoms with Crippen LogP contribution in [0.25, 0.3) is 0 Å². The zero-order valence-corrected chi connectivity index (χ0v) is 25.2. The van der Waals surface area contributed by atoms with Gasteiger partial charge in [0.2, 0.25) is 12.2 Å². The maximum Gasteiger partial charge on any atom is 0.408 e. The van der Waals surface area contributed by atoms with E-state index in [1.165, 1.54) is 6.92 Å². The summed E-state index contributed by atoms with van der Waals surface area (Å²) < 4.78 is 22.6.